The number of rotatable bonds is 5. The Labute approximate surface area is 138 Å². The highest BCUT2D eigenvalue weighted by Crippen LogP contribution is 2.10. The van der Waals surface area contributed by atoms with Crippen molar-refractivity contribution in [3.8, 4) is 0 Å². The van der Waals surface area contributed by atoms with Crippen LogP contribution < -0.4 is 10.6 Å². The Kier molecular flexibility index (Phi) is 5.71. The Bertz CT molecular complexity index is 734. The van der Waals surface area contributed by atoms with Crippen LogP contribution in [0.4, 0.5) is 4.39 Å². The molecule has 4 nitrogen and oxygen atoms in total. The summed E-state index contributed by atoms with van der Waals surface area (Å²) in [5.74, 6) is -1.06. The van der Waals surface area contributed by atoms with Gasteiger partial charge in [0.15, 0.2) is 0 Å². The van der Waals surface area contributed by atoms with Gasteiger partial charge in [0.1, 0.15) is 5.82 Å². The number of halogens is 2. The summed E-state index contributed by atoms with van der Waals surface area (Å²) < 4.78 is 13.4. The minimum Gasteiger partial charge on any atom is -0.350 e. The summed E-state index contributed by atoms with van der Waals surface area (Å²) in [5.41, 5.74) is 1.59. The zero-order chi connectivity index (χ0) is 16.8. The van der Waals surface area contributed by atoms with Gasteiger partial charge in [-0.15, -0.1) is 0 Å². The fourth-order valence-electron chi connectivity index (χ4n) is 1.90. The highest BCUT2D eigenvalue weighted by Gasteiger charge is 2.08. The Morgan fingerprint density at radius 2 is 1.91 bits per heavy atom. The average Bonchev–Trinajstić information content (AvgIpc) is 2.53. The predicted octanol–water partition coefficient (Wildman–Crippen LogP) is 2.83. The molecule has 0 aliphatic rings. The molecule has 0 atom stereocenters. The van der Waals surface area contributed by atoms with Crippen LogP contribution in [-0.2, 0) is 11.3 Å². The highest BCUT2D eigenvalue weighted by molar-refractivity contribution is 6.30. The molecule has 2 rings (SSSR count). The van der Waals surface area contributed by atoms with Crippen LogP contribution >= 0.6 is 11.6 Å². The minimum absolute atomic E-state index is 0.167. The van der Waals surface area contributed by atoms with E-state index in [0.29, 0.717) is 21.7 Å². The third kappa shape index (κ3) is 5.07. The molecule has 0 heterocycles. The molecule has 0 unspecified atom stereocenters. The number of amides is 2. The lowest BCUT2D eigenvalue weighted by atomic mass is 10.1. The van der Waals surface area contributed by atoms with Crippen molar-refractivity contribution < 1.29 is 14.0 Å². The molecule has 0 fully saturated rings. The van der Waals surface area contributed by atoms with Crippen LogP contribution in [0, 0.1) is 12.7 Å². The van der Waals surface area contributed by atoms with Gasteiger partial charge in [0, 0.05) is 17.1 Å². The summed E-state index contributed by atoms with van der Waals surface area (Å²) in [6.07, 6.45) is 0. The van der Waals surface area contributed by atoms with Crippen molar-refractivity contribution >= 4 is 23.4 Å². The monoisotopic (exact) mass is 334 g/mol. The van der Waals surface area contributed by atoms with Crippen LogP contribution in [0.15, 0.2) is 42.5 Å². The van der Waals surface area contributed by atoms with Gasteiger partial charge in [-0.3, -0.25) is 9.59 Å². The fraction of sp³-hybridized carbons (Fsp3) is 0.176. The van der Waals surface area contributed by atoms with E-state index in [4.69, 9.17) is 11.6 Å². The van der Waals surface area contributed by atoms with Crippen LogP contribution in [0.2, 0.25) is 5.02 Å². The van der Waals surface area contributed by atoms with Gasteiger partial charge in [-0.25, -0.2) is 4.39 Å². The molecule has 0 spiro atoms. The number of nitrogens with one attached hydrogen (secondary N) is 2. The zero-order valence-electron chi connectivity index (χ0n) is 12.5. The topological polar surface area (TPSA) is 58.2 Å². The summed E-state index contributed by atoms with van der Waals surface area (Å²) in [5, 5.41) is 5.56. The lowest BCUT2D eigenvalue weighted by Crippen LogP contribution is -2.36. The molecule has 6 heteroatoms. The molecule has 2 aromatic carbocycles. The van der Waals surface area contributed by atoms with Crippen molar-refractivity contribution in [3.63, 3.8) is 0 Å². The first-order valence-electron chi connectivity index (χ1n) is 7.01. The summed E-state index contributed by atoms with van der Waals surface area (Å²) in [6, 6.07) is 11.2. The number of hydrogen-bond acceptors (Lipinski definition) is 2. The van der Waals surface area contributed by atoms with E-state index in [1.54, 1.807) is 37.3 Å². The van der Waals surface area contributed by atoms with Crippen LogP contribution in [0.3, 0.4) is 0 Å². The summed E-state index contributed by atoms with van der Waals surface area (Å²) in [4.78, 5) is 23.6. The first kappa shape index (κ1) is 17.0. The molecule has 0 bridgehead atoms. The Balaban J connectivity index is 1.81. The van der Waals surface area contributed by atoms with Gasteiger partial charge in [0.25, 0.3) is 5.91 Å². The van der Waals surface area contributed by atoms with E-state index in [0.717, 1.165) is 0 Å². The zero-order valence-corrected chi connectivity index (χ0v) is 13.3. The van der Waals surface area contributed by atoms with E-state index in [9.17, 15) is 14.0 Å². The lowest BCUT2D eigenvalue weighted by Gasteiger charge is -2.08. The minimum atomic E-state index is -0.385. The summed E-state index contributed by atoms with van der Waals surface area (Å²) >= 11 is 5.80. The van der Waals surface area contributed by atoms with E-state index in [1.165, 1.54) is 12.1 Å². The molecule has 120 valence electrons. The SMILES string of the molecule is Cc1ccc(CNC(=O)CNC(=O)c2cccc(Cl)c2)cc1F. The van der Waals surface area contributed by atoms with Gasteiger partial charge in [0.2, 0.25) is 5.91 Å². The quantitative estimate of drug-likeness (QED) is 0.883. The molecular weight excluding hydrogens is 319 g/mol. The van der Waals surface area contributed by atoms with Crippen molar-refractivity contribution in [1.82, 2.24) is 10.6 Å². The first-order valence-corrected chi connectivity index (χ1v) is 7.39. The van der Waals surface area contributed by atoms with Crippen LogP contribution in [-0.4, -0.2) is 18.4 Å². The van der Waals surface area contributed by atoms with Gasteiger partial charge in [-0.2, -0.15) is 0 Å². The number of aryl methyl sites for hydroxylation is 1. The van der Waals surface area contributed by atoms with Gasteiger partial charge in [-0.05, 0) is 42.3 Å². The van der Waals surface area contributed by atoms with Gasteiger partial charge >= 0.3 is 0 Å². The lowest BCUT2D eigenvalue weighted by molar-refractivity contribution is -0.120. The molecule has 2 amide bonds. The van der Waals surface area contributed by atoms with Gasteiger partial charge < -0.3 is 10.6 Å². The van der Waals surface area contributed by atoms with Crippen LogP contribution in [0.5, 0.6) is 0 Å². The van der Waals surface area contributed by atoms with Crippen molar-refractivity contribution in [2.24, 2.45) is 0 Å². The van der Waals surface area contributed by atoms with Crippen molar-refractivity contribution in [2.75, 3.05) is 6.54 Å². The van der Waals surface area contributed by atoms with Crippen molar-refractivity contribution in [2.45, 2.75) is 13.5 Å². The smallest absolute Gasteiger partial charge is 0.251 e. The largest absolute Gasteiger partial charge is 0.350 e. The van der Waals surface area contributed by atoms with Gasteiger partial charge in [0.05, 0.1) is 6.54 Å². The van der Waals surface area contributed by atoms with E-state index < -0.39 is 0 Å². The number of hydrogen-bond donors (Lipinski definition) is 2. The second-order valence-electron chi connectivity index (χ2n) is 5.05. The maximum Gasteiger partial charge on any atom is 0.251 e. The maximum absolute atomic E-state index is 13.4. The maximum atomic E-state index is 13.4. The number of carbonyl (C=O) groups excluding carboxylic acids is 2. The summed E-state index contributed by atoms with van der Waals surface area (Å²) in [6.45, 7) is 1.70. The van der Waals surface area contributed by atoms with E-state index in [1.807, 2.05) is 0 Å². The molecule has 2 aromatic rings. The Hall–Kier alpha value is -2.40. The number of benzene rings is 2. The molecular formula is C17H16ClFN2O2. The second kappa shape index (κ2) is 7.74. The second-order valence-corrected chi connectivity index (χ2v) is 5.49. The molecule has 0 saturated heterocycles. The highest BCUT2D eigenvalue weighted by atomic mass is 35.5. The standard InChI is InChI=1S/C17H16ClFN2O2/c1-11-5-6-12(7-15(11)19)9-20-16(22)10-21-17(23)13-3-2-4-14(18)8-13/h2-8H,9-10H2,1H3,(H,20,22)(H,21,23). The third-order valence-corrected chi connectivity index (χ3v) is 3.46. The Morgan fingerprint density at radius 1 is 1.13 bits per heavy atom. The molecule has 23 heavy (non-hydrogen) atoms. The Morgan fingerprint density at radius 3 is 2.61 bits per heavy atom. The fourth-order valence-corrected chi connectivity index (χ4v) is 2.09. The van der Waals surface area contributed by atoms with Crippen molar-refractivity contribution in [3.05, 3.63) is 70.0 Å². The average molecular weight is 335 g/mol. The number of carbonyl (C=O) groups is 2. The normalized spacial score (nSPS) is 10.2. The predicted molar refractivity (Wildman–Crippen MR) is 86.8 cm³/mol. The molecule has 0 aromatic heterocycles. The van der Waals surface area contributed by atoms with Crippen LogP contribution in [0.1, 0.15) is 21.5 Å². The van der Waals surface area contributed by atoms with E-state index in [-0.39, 0.29) is 30.7 Å². The molecule has 0 aliphatic carbocycles. The first-order chi connectivity index (χ1) is 11.0. The van der Waals surface area contributed by atoms with Crippen molar-refractivity contribution in [1.29, 1.82) is 0 Å². The molecule has 0 radical (unpaired) electrons. The van der Waals surface area contributed by atoms with E-state index >= 15 is 0 Å². The van der Waals surface area contributed by atoms with E-state index in [2.05, 4.69) is 10.6 Å². The molecule has 2 N–H and O–H groups in total. The molecule has 0 aliphatic heterocycles. The molecule has 0 saturated carbocycles. The van der Waals surface area contributed by atoms with Gasteiger partial charge in [-0.1, -0.05) is 29.8 Å². The van der Waals surface area contributed by atoms with Crippen LogP contribution in [0.25, 0.3) is 0 Å². The summed E-state index contributed by atoms with van der Waals surface area (Å²) in [7, 11) is 0. The third-order valence-electron chi connectivity index (χ3n) is 3.22.